The quantitative estimate of drug-likeness (QED) is 0.728. The maximum Gasteiger partial charge on any atom is 0.254 e. The topological polar surface area (TPSA) is 80.0 Å². The fourth-order valence-electron chi connectivity index (χ4n) is 2.26. The van der Waals surface area contributed by atoms with E-state index in [1.807, 2.05) is 18.2 Å². The molecule has 0 aliphatic carbocycles. The Hall–Kier alpha value is -3.15. The van der Waals surface area contributed by atoms with Crippen LogP contribution >= 0.6 is 0 Å². The summed E-state index contributed by atoms with van der Waals surface area (Å²) >= 11 is 0. The zero-order valence-electron chi connectivity index (χ0n) is 13.3. The number of nitrogens with zero attached hydrogens (tertiary/aromatic N) is 2. The van der Waals surface area contributed by atoms with Gasteiger partial charge in [-0.1, -0.05) is 25.1 Å². The molecule has 122 valence electrons. The molecule has 0 saturated carbocycles. The van der Waals surface area contributed by atoms with Crippen LogP contribution in [0.3, 0.4) is 0 Å². The third-order valence-electron chi connectivity index (χ3n) is 3.56. The van der Waals surface area contributed by atoms with Crippen LogP contribution in [0.15, 0.2) is 59.5 Å². The number of aromatic nitrogens is 2. The summed E-state index contributed by atoms with van der Waals surface area (Å²) in [5.74, 6) is 0.907. The van der Waals surface area contributed by atoms with Crippen molar-refractivity contribution in [3.8, 4) is 0 Å². The summed E-state index contributed by atoms with van der Waals surface area (Å²) in [6, 6.07) is 11.6. The van der Waals surface area contributed by atoms with Crippen LogP contribution in [-0.4, -0.2) is 15.9 Å². The minimum absolute atomic E-state index is 0.244. The molecule has 3 rings (SSSR count). The number of nitrogens with one attached hydrogen (secondary N) is 2. The minimum atomic E-state index is -0.244. The minimum Gasteiger partial charge on any atom is -0.467 e. The molecule has 0 radical (unpaired) electrons. The van der Waals surface area contributed by atoms with Crippen LogP contribution < -0.4 is 10.6 Å². The summed E-state index contributed by atoms with van der Waals surface area (Å²) in [4.78, 5) is 20.5. The van der Waals surface area contributed by atoms with E-state index in [0.29, 0.717) is 23.8 Å². The van der Waals surface area contributed by atoms with Crippen LogP contribution in [0.2, 0.25) is 0 Å². The molecule has 2 aromatic heterocycles. The van der Waals surface area contributed by atoms with E-state index < -0.39 is 0 Å². The molecule has 0 fully saturated rings. The van der Waals surface area contributed by atoms with Gasteiger partial charge in [-0.3, -0.25) is 4.79 Å². The first-order chi connectivity index (χ1) is 11.8. The van der Waals surface area contributed by atoms with Crippen LogP contribution in [0.25, 0.3) is 0 Å². The molecule has 0 spiro atoms. The average Bonchev–Trinajstić information content (AvgIpc) is 3.14. The average molecular weight is 322 g/mol. The van der Waals surface area contributed by atoms with Crippen molar-refractivity contribution in [2.75, 3.05) is 5.32 Å². The second-order valence-electron chi connectivity index (χ2n) is 5.19. The van der Waals surface area contributed by atoms with Crippen LogP contribution in [0.1, 0.15) is 28.6 Å². The van der Waals surface area contributed by atoms with Gasteiger partial charge in [0.05, 0.1) is 18.4 Å². The number of benzene rings is 1. The number of anilines is 2. The number of hydrogen-bond acceptors (Lipinski definition) is 5. The number of para-hydroxylation sites is 1. The van der Waals surface area contributed by atoms with Gasteiger partial charge in [-0.2, -0.15) is 0 Å². The summed E-state index contributed by atoms with van der Waals surface area (Å²) < 4.78 is 5.17. The lowest BCUT2D eigenvalue weighted by molar-refractivity contribution is 0.0947. The summed E-state index contributed by atoms with van der Waals surface area (Å²) in [5.41, 5.74) is 2.55. The number of carbonyl (C=O) groups excluding carboxylic acids is 1. The number of amides is 1. The van der Waals surface area contributed by atoms with E-state index in [0.717, 1.165) is 12.1 Å². The predicted octanol–water partition coefficient (Wildman–Crippen LogP) is 3.31. The molecule has 0 atom stereocenters. The number of rotatable bonds is 6. The number of aryl methyl sites for hydroxylation is 1. The normalized spacial score (nSPS) is 10.4. The van der Waals surface area contributed by atoms with Gasteiger partial charge in [-0.25, -0.2) is 9.97 Å². The van der Waals surface area contributed by atoms with Gasteiger partial charge in [0.25, 0.3) is 5.91 Å². The summed E-state index contributed by atoms with van der Waals surface area (Å²) in [7, 11) is 0. The standard InChI is InChI=1S/C18H18N4O2/c1-2-13-6-3-4-8-16(13)22-18-20-10-14(11-21-18)17(23)19-12-15-7-5-9-24-15/h3-11H,2,12H2,1H3,(H,19,23)(H,20,21,22). The first-order valence-corrected chi connectivity index (χ1v) is 7.74. The number of hydrogen-bond donors (Lipinski definition) is 2. The van der Waals surface area contributed by atoms with E-state index in [-0.39, 0.29) is 5.91 Å². The molecule has 24 heavy (non-hydrogen) atoms. The van der Waals surface area contributed by atoms with Crippen LogP contribution in [0.5, 0.6) is 0 Å². The molecule has 1 aromatic carbocycles. The van der Waals surface area contributed by atoms with Crippen molar-refractivity contribution in [3.63, 3.8) is 0 Å². The van der Waals surface area contributed by atoms with Crippen LogP contribution in [-0.2, 0) is 13.0 Å². The molecule has 3 aromatic rings. The Labute approximate surface area is 140 Å². The molecule has 0 bridgehead atoms. The van der Waals surface area contributed by atoms with Crippen molar-refractivity contribution in [1.29, 1.82) is 0 Å². The Bertz CT molecular complexity index is 798. The zero-order chi connectivity index (χ0) is 16.8. The van der Waals surface area contributed by atoms with E-state index in [4.69, 9.17) is 4.42 Å². The highest BCUT2D eigenvalue weighted by atomic mass is 16.3. The van der Waals surface area contributed by atoms with Crippen LogP contribution in [0.4, 0.5) is 11.6 Å². The van der Waals surface area contributed by atoms with Gasteiger partial charge in [0, 0.05) is 18.1 Å². The van der Waals surface area contributed by atoms with Gasteiger partial charge in [0.15, 0.2) is 0 Å². The molecule has 0 aliphatic rings. The Morgan fingerprint density at radius 1 is 1.12 bits per heavy atom. The Morgan fingerprint density at radius 3 is 2.62 bits per heavy atom. The van der Waals surface area contributed by atoms with E-state index in [9.17, 15) is 4.79 Å². The van der Waals surface area contributed by atoms with Gasteiger partial charge in [0.1, 0.15) is 5.76 Å². The van der Waals surface area contributed by atoms with Crippen molar-refractivity contribution < 1.29 is 9.21 Å². The molecule has 2 N–H and O–H groups in total. The first kappa shape index (κ1) is 15.7. The molecule has 0 aliphatic heterocycles. The molecule has 2 heterocycles. The van der Waals surface area contributed by atoms with Crippen molar-refractivity contribution in [3.05, 3.63) is 71.9 Å². The summed E-state index contributed by atoms with van der Waals surface area (Å²) in [6.45, 7) is 2.42. The van der Waals surface area contributed by atoms with E-state index in [1.165, 1.54) is 18.0 Å². The lowest BCUT2D eigenvalue weighted by Crippen LogP contribution is -2.23. The second kappa shape index (κ2) is 7.41. The smallest absolute Gasteiger partial charge is 0.254 e. The maximum absolute atomic E-state index is 12.1. The zero-order valence-corrected chi connectivity index (χ0v) is 13.3. The van der Waals surface area contributed by atoms with Crippen molar-refractivity contribution in [2.45, 2.75) is 19.9 Å². The lowest BCUT2D eigenvalue weighted by atomic mass is 10.1. The SMILES string of the molecule is CCc1ccccc1Nc1ncc(C(=O)NCc2ccco2)cn1. The first-order valence-electron chi connectivity index (χ1n) is 7.74. The van der Waals surface area contributed by atoms with E-state index in [2.05, 4.69) is 33.6 Å². The van der Waals surface area contributed by atoms with E-state index in [1.54, 1.807) is 18.4 Å². The highest BCUT2D eigenvalue weighted by molar-refractivity contribution is 5.93. The van der Waals surface area contributed by atoms with Gasteiger partial charge in [0.2, 0.25) is 5.95 Å². The highest BCUT2D eigenvalue weighted by Gasteiger charge is 2.08. The number of furan rings is 1. The Morgan fingerprint density at radius 2 is 1.92 bits per heavy atom. The molecular formula is C18H18N4O2. The molecule has 1 amide bonds. The lowest BCUT2D eigenvalue weighted by Gasteiger charge is -2.09. The number of carbonyl (C=O) groups is 1. The van der Waals surface area contributed by atoms with Crippen molar-refractivity contribution in [2.24, 2.45) is 0 Å². The fraction of sp³-hybridized carbons (Fsp3) is 0.167. The van der Waals surface area contributed by atoms with Crippen LogP contribution in [0, 0.1) is 0 Å². The Balaban J connectivity index is 1.63. The Kier molecular flexibility index (Phi) is 4.86. The van der Waals surface area contributed by atoms with Crippen molar-refractivity contribution >= 4 is 17.5 Å². The predicted molar refractivity (Wildman–Crippen MR) is 91.0 cm³/mol. The molecule has 6 heteroatoms. The summed E-state index contributed by atoms with van der Waals surface area (Å²) in [5, 5.41) is 5.93. The van der Waals surface area contributed by atoms with Gasteiger partial charge in [-0.05, 0) is 30.2 Å². The van der Waals surface area contributed by atoms with E-state index >= 15 is 0 Å². The van der Waals surface area contributed by atoms with Gasteiger partial charge in [-0.15, -0.1) is 0 Å². The molecular weight excluding hydrogens is 304 g/mol. The maximum atomic E-state index is 12.1. The fourth-order valence-corrected chi connectivity index (χ4v) is 2.26. The molecule has 0 unspecified atom stereocenters. The monoisotopic (exact) mass is 322 g/mol. The van der Waals surface area contributed by atoms with Gasteiger partial charge >= 0.3 is 0 Å². The van der Waals surface area contributed by atoms with Gasteiger partial charge < -0.3 is 15.1 Å². The molecule has 6 nitrogen and oxygen atoms in total. The van der Waals surface area contributed by atoms with Crippen molar-refractivity contribution in [1.82, 2.24) is 15.3 Å². The highest BCUT2D eigenvalue weighted by Crippen LogP contribution is 2.18. The third-order valence-corrected chi connectivity index (χ3v) is 3.56. The molecule has 0 saturated heterocycles. The summed E-state index contributed by atoms with van der Waals surface area (Å²) in [6.07, 6.45) is 5.48. The largest absolute Gasteiger partial charge is 0.467 e. The second-order valence-corrected chi connectivity index (χ2v) is 5.19. The third kappa shape index (κ3) is 3.78.